The van der Waals surface area contributed by atoms with Crippen LogP contribution in [0.15, 0.2) is 22.7 Å². The molecule has 10 heteroatoms. The van der Waals surface area contributed by atoms with Crippen molar-refractivity contribution in [3.63, 3.8) is 0 Å². The molecule has 9 nitrogen and oxygen atoms in total. The summed E-state index contributed by atoms with van der Waals surface area (Å²) in [7, 11) is 1.74. The molecule has 0 spiro atoms. The molecule has 0 atom stereocenters. The van der Waals surface area contributed by atoms with E-state index < -0.39 is 0 Å². The lowest BCUT2D eigenvalue weighted by atomic mass is 9.98. The third kappa shape index (κ3) is 4.15. The second-order valence-electron chi connectivity index (χ2n) is 8.73. The summed E-state index contributed by atoms with van der Waals surface area (Å²) in [4.78, 5) is 38.5. The van der Waals surface area contributed by atoms with E-state index >= 15 is 0 Å². The van der Waals surface area contributed by atoms with Crippen molar-refractivity contribution in [3.8, 4) is 0 Å². The quantitative estimate of drug-likeness (QED) is 0.620. The maximum absolute atomic E-state index is 12.7. The first-order valence-corrected chi connectivity index (χ1v) is 10.9. The van der Waals surface area contributed by atoms with Gasteiger partial charge in [-0.15, -0.1) is 11.3 Å². The molecular weight excluding hydrogens is 402 g/mol. The van der Waals surface area contributed by atoms with Gasteiger partial charge in [-0.05, 0) is 0 Å². The summed E-state index contributed by atoms with van der Waals surface area (Å²) in [6, 6.07) is 0. The van der Waals surface area contributed by atoms with Gasteiger partial charge in [0.15, 0.2) is 5.65 Å². The highest BCUT2D eigenvalue weighted by molar-refractivity contribution is 7.09. The highest BCUT2D eigenvalue weighted by Gasteiger charge is 2.24. The minimum atomic E-state index is -0.238. The lowest BCUT2D eigenvalue weighted by Gasteiger charge is -2.34. The third-order valence-electron chi connectivity index (χ3n) is 5.33. The molecule has 0 radical (unpaired) electrons. The largest absolute Gasteiger partial charge is 0.339 e. The van der Waals surface area contributed by atoms with Crippen molar-refractivity contribution in [3.05, 3.63) is 39.0 Å². The molecule has 3 aromatic heterocycles. The van der Waals surface area contributed by atoms with E-state index in [0.29, 0.717) is 24.1 Å². The summed E-state index contributed by atoms with van der Waals surface area (Å²) in [6.45, 7) is 10.2. The molecule has 1 saturated heterocycles. The van der Waals surface area contributed by atoms with Crippen molar-refractivity contribution in [1.82, 2.24) is 34.1 Å². The number of piperazine rings is 1. The normalized spacial score (nSPS) is 15.8. The molecule has 0 saturated carbocycles. The maximum atomic E-state index is 12.7. The molecular formula is C20H27N7O2S. The van der Waals surface area contributed by atoms with Gasteiger partial charge in [-0.25, -0.2) is 9.97 Å². The molecule has 4 rings (SSSR count). The van der Waals surface area contributed by atoms with Crippen LogP contribution in [0.4, 0.5) is 0 Å². The van der Waals surface area contributed by atoms with Gasteiger partial charge in [0.2, 0.25) is 5.91 Å². The molecule has 1 aliphatic rings. The molecule has 0 unspecified atom stereocenters. The number of aryl methyl sites for hydroxylation is 1. The second kappa shape index (κ2) is 7.92. The molecule has 1 aliphatic heterocycles. The fraction of sp³-hybridized carbons (Fsp3) is 0.550. The number of hydrogen-bond acceptors (Lipinski definition) is 7. The summed E-state index contributed by atoms with van der Waals surface area (Å²) in [6.07, 6.45) is 2.92. The van der Waals surface area contributed by atoms with Gasteiger partial charge in [0.25, 0.3) is 5.56 Å². The standard InChI is InChI=1S/C20H27N7O2S/c1-20(2,3)19-23-14(12-30-19)10-25-5-7-26(8-6-25)16(28)11-27-13-21-17-15(18(27)29)9-22-24(17)4/h9,12-13H,5-8,10-11H2,1-4H3. The van der Waals surface area contributed by atoms with Gasteiger partial charge in [0, 0.05) is 50.6 Å². The van der Waals surface area contributed by atoms with Crippen LogP contribution in [-0.2, 0) is 30.3 Å². The van der Waals surface area contributed by atoms with Crippen molar-refractivity contribution < 1.29 is 4.79 Å². The Balaban J connectivity index is 1.34. The summed E-state index contributed by atoms with van der Waals surface area (Å²) >= 11 is 1.71. The van der Waals surface area contributed by atoms with Crippen LogP contribution in [-0.4, -0.2) is 66.2 Å². The average molecular weight is 430 g/mol. The third-order valence-corrected chi connectivity index (χ3v) is 6.64. The van der Waals surface area contributed by atoms with E-state index in [1.165, 1.54) is 17.1 Å². The Bertz CT molecular complexity index is 1120. The van der Waals surface area contributed by atoms with Gasteiger partial charge in [0.1, 0.15) is 18.3 Å². The van der Waals surface area contributed by atoms with Crippen molar-refractivity contribution in [2.45, 2.75) is 39.3 Å². The molecule has 1 amide bonds. The number of thiazole rings is 1. The SMILES string of the molecule is Cn1ncc2c(=O)n(CC(=O)N3CCN(Cc4csc(C(C)(C)C)n4)CC3)cnc21. The molecule has 0 aliphatic carbocycles. The second-order valence-corrected chi connectivity index (χ2v) is 9.59. The van der Waals surface area contributed by atoms with E-state index in [2.05, 4.69) is 41.1 Å². The number of nitrogens with zero attached hydrogens (tertiary/aromatic N) is 7. The van der Waals surface area contributed by atoms with Gasteiger partial charge >= 0.3 is 0 Å². The van der Waals surface area contributed by atoms with E-state index in [4.69, 9.17) is 4.98 Å². The predicted octanol–water partition coefficient (Wildman–Crippen LogP) is 1.23. The minimum absolute atomic E-state index is 0.00229. The first-order valence-electron chi connectivity index (χ1n) is 10.0. The van der Waals surface area contributed by atoms with Crippen LogP contribution in [0, 0.1) is 0 Å². The summed E-state index contributed by atoms with van der Waals surface area (Å²) in [5.41, 5.74) is 1.44. The number of amides is 1. The molecule has 0 N–H and O–H groups in total. The fourth-order valence-corrected chi connectivity index (χ4v) is 4.43. The number of rotatable bonds is 4. The van der Waals surface area contributed by atoms with Crippen molar-refractivity contribution >= 4 is 28.3 Å². The van der Waals surface area contributed by atoms with Crippen LogP contribution < -0.4 is 5.56 Å². The summed E-state index contributed by atoms with van der Waals surface area (Å²) < 4.78 is 2.91. The Hall–Kier alpha value is -2.59. The van der Waals surface area contributed by atoms with Crippen LogP contribution in [0.2, 0.25) is 0 Å². The van der Waals surface area contributed by atoms with Crippen molar-refractivity contribution in [1.29, 1.82) is 0 Å². The highest BCUT2D eigenvalue weighted by atomic mass is 32.1. The number of hydrogen-bond donors (Lipinski definition) is 0. The van der Waals surface area contributed by atoms with Crippen LogP contribution in [0.3, 0.4) is 0 Å². The molecule has 0 aromatic carbocycles. The molecule has 1 fully saturated rings. The van der Waals surface area contributed by atoms with Gasteiger partial charge in [-0.3, -0.25) is 23.7 Å². The molecule has 30 heavy (non-hydrogen) atoms. The molecule has 160 valence electrons. The smallest absolute Gasteiger partial charge is 0.264 e. The minimum Gasteiger partial charge on any atom is -0.339 e. The van der Waals surface area contributed by atoms with E-state index in [1.54, 1.807) is 23.1 Å². The van der Waals surface area contributed by atoms with Gasteiger partial charge in [-0.1, -0.05) is 20.8 Å². The van der Waals surface area contributed by atoms with E-state index in [0.717, 1.165) is 30.3 Å². The molecule has 0 bridgehead atoms. The Labute approximate surface area is 179 Å². The van der Waals surface area contributed by atoms with E-state index in [9.17, 15) is 9.59 Å². The van der Waals surface area contributed by atoms with Crippen LogP contribution >= 0.6 is 11.3 Å². The highest BCUT2D eigenvalue weighted by Crippen LogP contribution is 2.26. The Kier molecular flexibility index (Phi) is 5.46. The lowest BCUT2D eigenvalue weighted by Crippen LogP contribution is -2.49. The van der Waals surface area contributed by atoms with Crippen LogP contribution in [0.5, 0.6) is 0 Å². The zero-order valence-corrected chi connectivity index (χ0v) is 18.6. The number of fused-ring (bicyclic) bond motifs is 1. The fourth-order valence-electron chi connectivity index (χ4n) is 3.53. The molecule has 4 heterocycles. The average Bonchev–Trinajstić information content (AvgIpc) is 3.32. The summed E-state index contributed by atoms with van der Waals surface area (Å²) in [5, 5.41) is 7.77. The maximum Gasteiger partial charge on any atom is 0.264 e. The Morgan fingerprint density at radius 1 is 1.20 bits per heavy atom. The van der Waals surface area contributed by atoms with Crippen molar-refractivity contribution in [2.24, 2.45) is 7.05 Å². The Morgan fingerprint density at radius 2 is 1.93 bits per heavy atom. The van der Waals surface area contributed by atoms with Crippen LogP contribution in [0.25, 0.3) is 11.0 Å². The number of carbonyl (C=O) groups is 1. The lowest BCUT2D eigenvalue weighted by molar-refractivity contribution is -0.133. The Morgan fingerprint density at radius 3 is 2.60 bits per heavy atom. The van der Waals surface area contributed by atoms with E-state index in [1.807, 2.05) is 4.90 Å². The topological polar surface area (TPSA) is 89.2 Å². The van der Waals surface area contributed by atoms with Crippen LogP contribution in [0.1, 0.15) is 31.5 Å². The predicted molar refractivity (Wildman–Crippen MR) is 115 cm³/mol. The summed E-state index contributed by atoms with van der Waals surface area (Å²) in [5.74, 6) is -0.0644. The monoisotopic (exact) mass is 429 g/mol. The first kappa shape index (κ1) is 20.7. The zero-order chi connectivity index (χ0) is 21.5. The van der Waals surface area contributed by atoms with Gasteiger partial charge < -0.3 is 4.90 Å². The number of aromatic nitrogens is 5. The number of carbonyl (C=O) groups excluding carboxylic acids is 1. The zero-order valence-electron chi connectivity index (χ0n) is 17.8. The van der Waals surface area contributed by atoms with E-state index in [-0.39, 0.29) is 23.4 Å². The first-order chi connectivity index (χ1) is 14.2. The van der Waals surface area contributed by atoms with Crippen molar-refractivity contribution in [2.75, 3.05) is 26.2 Å². The van der Waals surface area contributed by atoms with Gasteiger partial charge in [-0.2, -0.15) is 5.10 Å². The van der Waals surface area contributed by atoms with Gasteiger partial charge in [0.05, 0.1) is 16.9 Å². The molecule has 3 aromatic rings.